The number of nitrogens with one attached hydrogen (secondary N) is 2. The summed E-state index contributed by atoms with van der Waals surface area (Å²) in [6, 6.07) is 9.05. The molecule has 0 aliphatic heterocycles. The first kappa shape index (κ1) is 14.8. The average Bonchev–Trinajstić information content (AvgIpc) is 3.23. The molecule has 0 fully saturated rings. The van der Waals surface area contributed by atoms with Gasteiger partial charge in [0, 0.05) is 31.5 Å². The Labute approximate surface area is 133 Å². The Balaban J connectivity index is 1.55. The van der Waals surface area contributed by atoms with E-state index in [1.165, 1.54) is 6.26 Å². The van der Waals surface area contributed by atoms with Gasteiger partial charge in [0.25, 0.3) is 5.91 Å². The summed E-state index contributed by atoms with van der Waals surface area (Å²) in [5, 5.41) is 5.95. The van der Waals surface area contributed by atoms with E-state index in [1.54, 1.807) is 12.1 Å². The predicted molar refractivity (Wildman–Crippen MR) is 85.6 cm³/mol. The molecular formula is C16H17N5O2. The molecule has 0 saturated heterocycles. The smallest absolute Gasteiger partial charge is 0.287 e. The van der Waals surface area contributed by atoms with Crippen molar-refractivity contribution in [2.45, 2.75) is 6.92 Å². The highest BCUT2D eigenvalue weighted by molar-refractivity contribution is 5.91. The van der Waals surface area contributed by atoms with Crippen molar-refractivity contribution in [1.82, 2.24) is 19.9 Å². The Hall–Kier alpha value is -3.09. The maximum atomic E-state index is 11.7. The average molecular weight is 311 g/mol. The lowest BCUT2D eigenvalue weighted by Crippen LogP contribution is -2.28. The minimum Gasteiger partial charge on any atom is -0.459 e. The summed E-state index contributed by atoms with van der Waals surface area (Å²) >= 11 is 0. The molecule has 0 aliphatic carbocycles. The highest BCUT2D eigenvalue weighted by Crippen LogP contribution is 2.11. The fourth-order valence-corrected chi connectivity index (χ4v) is 2.12. The highest BCUT2D eigenvalue weighted by Gasteiger charge is 2.07. The van der Waals surface area contributed by atoms with Crippen molar-refractivity contribution in [2.24, 2.45) is 0 Å². The molecule has 3 aromatic heterocycles. The number of aryl methyl sites for hydroxylation is 1. The van der Waals surface area contributed by atoms with Crippen LogP contribution in [0, 0.1) is 6.92 Å². The second kappa shape index (κ2) is 6.78. The minimum atomic E-state index is -0.233. The molecule has 0 spiro atoms. The number of carbonyl (C=O) groups is 1. The molecule has 7 nitrogen and oxygen atoms in total. The van der Waals surface area contributed by atoms with Gasteiger partial charge in [-0.2, -0.15) is 0 Å². The number of hydrogen-bond acceptors (Lipinski definition) is 5. The normalized spacial score (nSPS) is 10.5. The molecule has 3 rings (SSSR count). The quantitative estimate of drug-likeness (QED) is 0.680. The largest absolute Gasteiger partial charge is 0.459 e. The maximum Gasteiger partial charge on any atom is 0.287 e. The third-order valence-corrected chi connectivity index (χ3v) is 3.16. The van der Waals surface area contributed by atoms with Crippen LogP contribution in [0.1, 0.15) is 16.4 Å². The van der Waals surface area contributed by atoms with Crippen molar-refractivity contribution in [3.05, 3.63) is 60.6 Å². The van der Waals surface area contributed by atoms with Gasteiger partial charge in [0.2, 0.25) is 0 Å². The fraction of sp³-hybridized carbons (Fsp3) is 0.188. The van der Waals surface area contributed by atoms with Crippen LogP contribution in [0.3, 0.4) is 0 Å². The van der Waals surface area contributed by atoms with Crippen molar-refractivity contribution in [3.8, 4) is 5.82 Å². The summed E-state index contributed by atoms with van der Waals surface area (Å²) in [6.45, 7) is 2.85. The van der Waals surface area contributed by atoms with E-state index in [0.29, 0.717) is 30.5 Å². The SMILES string of the molecule is Cc1nc(NCCNC(=O)c2ccco2)cc(-n2cccc2)n1. The molecule has 0 unspecified atom stereocenters. The lowest BCUT2D eigenvalue weighted by atomic mass is 10.4. The van der Waals surface area contributed by atoms with Crippen LogP contribution in [-0.4, -0.2) is 33.5 Å². The van der Waals surface area contributed by atoms with Crippen LogP contribution in [-0.2, 0) is 0 Å². The third-order valence-electron chi connectivity index (χ3n) is 3.16. The van der Waals surface area contributed by atoms with E-state index in [2.05, 4.69) is 20.6 Å². The highest BCUT2D eigenvalue weighted by atomic mass is 16.3. The second-order valence-corrected chi connectivity index (χ2v) is 4.91. The number of amides is 1. The Morgan fingerprint density at radius 1 is 1.22 bits per heavy atom. The monoisotopic (exact) mass is 311 g/mol. The van der Waals surface area contributed by atoms with Crippen LogP contribution in [0.4, 0.5) is 5.82 Å². The van der Waals surface area contributed by atoms with Gasteiger partial charge in [-0.15, -0.1) is 0 Å². The van der Waals surface area contributed by atoms with Crippen molar-refractivity contribution < 1.29 is 9.21 Å². The number of nitrogens with zero attached hydrogens (tertiary/aromatic N) is 3. The summed E-state index contributed by atoms with van der Waals surface area (Å²) in [5.41, 5.74) is 0. The van der Waals surface area contributed by atoms with Gasteiger partial charge in [-0.25, -0.2) is 9.97 Å². The minimum absolute atomic E-state index is 0.233. The van der Waals surface area contributed by atoms with E-state index >= 15 is 0 Å². The predicted octanol–water partition coefficient (Wildman–Crippen LogP) is 2.01. The molecule has 2 N–H and O–H groups in total. The summed E-state index contributed by atoms with van der Waals surface area (Å²) in [7, 11) is 0. The Morgan fingerprint density at radius 3 is 2.78 bits per heavy atom. The van der Waals surface area contributed by atoms with Crippen molar-refractivity contribution >= 4 is 11.7 Å². The maximum absolute atomic E-state index is 11.7. The summed E-state index contributed by atoms with van der Waals surface area (Å²) in [4.78, 5) is 20.5. The molecule has 3 aromatic rings. The van der Waals surface area contributed by atoms with Crippen LogP contribution >= 0.6 is 0 Å². The van der Waals surface area contributed by atoms with Crippen molar-refractivity contribution in [3.63, 3.8) is 0 Å². The van der Waals surface area contributed by atoms with E-state index in [1.807, 2.05) is 42.1 Å². The fourth-order valence-electron chi connectivity index (χ4n) is 2.12. The van der Waals surface area contributed by atoms with Gasteiger partial charge in [-0.3, -0.25) is 4.79 Å². The number of aromatic nitrogens is 3. The Bertz CT molecular complexity index is 766. The van der Waals surface area contributed by atoms with Crippen LogP contribution in [0.2, 0.25) is 0 Å². The van der Waals surface area contributed by atoms with Gasteiger partial charge in [0.1, 0.15) is 17.5 Å². The lowest BCUT2D eigenvalue weighted by molar-refractivity contribution is 0.0927. The number of carbonyl (C=O) groups excluding carboxylic acids is 1. The van der Waals surface area contributed by atoms with E-state index < -0.39 is 0 Å². The van der Waals surface area contributed by atoms with Gasteiger partial charge in [0.05, 0.1) is 6.26 Å². The van der Waals surface area contributed by atoms with Gasteiger partial charge in [0.15, 0.2) is 5.76 Å². The second-order valence-electron chi connectivity index (χ2n) is 4.91. The van der Waals surface area contributed by atoms with Crippen LogP contribution in [0.25, 0.3) is 5.82 Å². The molecule has 23 heavy (non-hydrogen) atoms. The van der Waals surface area contributed by atoms with E-state index in [0.717, 1.165) is 5.82 Å². The Kier molecular flexibility index (Phi) is 4.37. The molecule has 0 bridgehead atoms. The molecule has 0 radical (unpaired) electrons. The van der Waals surface area contributed by atoms with Crippen LogP contribution in [0.15, 0.2) is 53.4 Å². The van der Waals surface area contributed by atoms with Gasteiger partial charge < -0.3 is 19.6 Å². The zero-order valence-electron chi connectivity index (χ0n) is 12.7. The van der Waals surface area contributed by atoms with E-state index in [-0.39, 0.29) is 5.91 Å². The van der Waals surface area contributed by atoms with Crippen molar-refractivity contribution in [2.75, 3.05) is 18.4 Å². The summed E-state index contributed by atoms with van der Waals surface area (Å²) in [5.74, 6) is 2.26. The lowest BCUT2D eigenvalue weighted by Gasteiger charge is -2.09. The van der Waals surface area contributed by atoms with Gasteiger partial charge >= 0.3 is 0 Å². The van der Waals surface area contributed by atoms with Gasteiger partial charge in [-0.1, -0.05) is 0 Å². The van der Waals surface area contributed by atoms with E-state index in [9.17, 15) is 4.79 Å². The molecule has 7 heteroatoms. The number of rotatable bonds is 6. The van der Waals surface area contributed by atoms with E-state index in [4.69, 9.17) is 4.42 Å². The Morgan fingerprint density at radius 2 is 2.04 bits per heavy atom. The molecule has 3 heterocycles. The van der Waals surface area contributed by atoms with Gasteiger partial charge in [-0.05, 0) is 31.2 Å². The first-order valence-corrected chi connectivity index (χ1v) is 7.27. The molecule has 0 aromatic carbocycles. The zero-order valence-corrected chi connectivity index (χ0v) is 12.7. The molecule has 0 saturated carbocycles. The van der Waals surface area contributed by atoms with Crippen LogP contribution < -0.4 is 10.6 Å². The summed E-state index contributed by atoms with van der Waals surface area (Å²) in [6.07, 6.45) is 5.32. The molecule has 0 aliphatic rings. The van der Waals surface area contributed by atoms with Crippen molar-refractivity contribution in [1.29, 1.82) is 0 Å². The van der Waals surface area contributed by atoms with Crippen LogP contribution in [0.5, 0.6) is 0 Å². The first-order chi connectivity index (χ1) is 11.2. The molecule has 118 valence electrons. The number of anilines is 1. The summed E-state index contributed by atoms with van der Waals surface area (Å²) < 4.78 is 6.94. The third kappa shape index (κ3) is 3.76. The number of hydrogen-bond donors (Lipinski definition) is 2. The topological polar surface area (TPSA) is 85.0 Å². The molecular weight excluding hydrogens is 294 g/mol. The zero-order chi connectivity index (χ0) is 16.1. The standard InChI is InChI=1S/C16H17N5O2/c1-12-19-14(11-15(20-12)21-8-2-3-9-21)17-6-7-18-16(22)13-5-4-10-23-13/h2-5,8-11H,6-7H2,1H3,(H,18,22)(H,17,19,20). The molecule has 0 atom stereocenters. The number of furan rings is 1. The first-order valence-electron chi connectivity index (χ1n) is 7.27. The molecule has 1 amide bonds.